The number of fused-ring (bicyclic) bond motifs is 3. The summed E-state index contributed by atoms with van der Waals surface area (Å²) in [7, 11) is -3.26. The number of aromatic nitrogens is 2. The summed E-state index contributed by atoms with van der Waals surface area (Å²) < 4.78 is 23.1. The van der Waals surface area contributed by atoms with Gasteiger partial charge >= 0.3 is 0 Å². The lowest BCUT2D eigenvalue weighted by Crippen LogP contribution is -1.99. The fourth-order valence-corrected chi connectivity index (χ4v) is 2.71. The summed E-state index contributed by atoms with van der Waals surface area (Å²) in [5.74, 6) is 0.300. The van der Waals surface area contributed by atoms with Crippen molar-refractivity contribution in [1.29, 1.82) is 0 Å². The van der Waals surface area contributed by atoms with Gasteiger partial charge in [0.15, 0.2) is 15.7 Å². The van der Waals surface area contributed by atoms with E-state index in [9.17, 15) is 8.42 Å². The molecule has 0 saturated heterocycles. The predicted molar refractivity (Wildman–Crippen MR) is 74.6 cm³/mol. The highest BCUT2D eigenvalue weighted by Crippen LogP contribution is 2.27. The number of benzene rings is 1. The Bertz CT molecular complexity index is 904. The van der Waals surface area contributed by atoms with E-state index >= 15 is 0 Å². The van der Waals surface area contributed by atoms with Crippen LogP contribution < -0.4 is 5.73 Å². The third-order valence-corrected chi connectivity index (χ3v) is 4.09. The Morgan fingerprint density at radius 1 is 1.16 bits per heavy atom. The lowest BCUT2D eigenvalue weighted by Gasteiger charge is -2.06. The van der Waals surface area contributed by atoms with Gasteiger partial charge in [0.05, 0.1) is 10.4 Å². The van der Waals surface area contributed by atoms with Crippen LogP contribution in [-0.2, 0) is 9.84 Å². The highest BCUT2D eigenvalue weighted by molar-refractivity contribution is 7.90. The quantitative estimate of drug-likeness (QED) is 0.683. The molecule has 2 aromatic heterocycles. The second kappa shape index (κ2) is 3.89. The van der Waals surface area contributed by atoms with E-state index in [0.717, 1.165) is 10.8 Å². The summed E-state index contributed by atoms with van der Waals surface area (Å²) in [5.41, 5.74) is 7.04. The molecule has 5 nitrogen and oxygen atoms in total. The van der Waals surface area contributed by atoms with Gasteiger partial charge in [-0.05, 0) is 18.2 Å². The van der Waals surface area contributed by atoms with Crippen molar-refractivity contribution in [2.75, 3.05) is 12.0 Å². The van der Waals surface area contributed by atoms with Crippen LogP contribution in [0, 0.1) is 0 Å². The van der Waals surface area contributed by atoms with Gasteiger partial charge in [0.25, 0.3) is 0 Å². The van der Waals surface area contributed by atoms with Crippen LogP contribution in [0.15, 0.2) is 41.4 Å². The molecule has 0 unspecified atom stereocenters. The smallest absolute Gasteiger partial charge is 0.175 e. The lowest BCUT2D eigenvalue weighted by atomic mass is 10.1. The Balaban J connectivity index is 2.47. The first kappa shape index (κ1) is 11.9. The molecule has 2 N–H and O–H groups in total. The summed E-state index contributed by atoms with van der Waals surface area (Å²) in [6.45, 7) is 0. The number of sulfone groups is 1. The number of hydrogen-bond acceptors (Lipinski definition) is 5. The molecule has 1 aromatic carbocycles. The molecule has 19 heavy (non-hydrogen) atoms. The third-order valence-electron chi connectivity index (χ3n) is 2.98. The van der Waals surface area contributed by atoms with Gasteiger partial charge in [0, 0.05) is 23.2 Å². The molecule has 0 amide bonds. The fraction of sp³-hybridized carbons (Fsp3) is 0.0769. The average molecular weight is 273 g/mol. The number of hydrogen-bond donors (Lipinski definition) is 1. The molecule has 6 heteroatoms. The van der Waals surface area contributed by atoms with Crippen LogP contribution in [0.3, 0.4) is 0 Å². The van der Waals surface area contributed by atoms with E-state index in [0.29, 0.717) is 16.9 Å². The molecule has 0 aliphatic heterocycles. The van der Waals surface area contributed by atoms with E-state index < -0.39 is 9.84 Å². The Hall–Kier alpha value is -2.21. The van der Waals surface area contributed by atoms with Gasteiger partial charge in [-0.2, -0.15) is 0 Å². The lowest BCUT2D eigenvalue weighted by molar-refractivity contribution is 0.602. The summed E-state index contributed by atoms with van der Waals surface area (Å²) in [4.78, 5) is 8.66. The SMILES string of the molecule is CS(=O)(=O)c1ccc2c(c1)nc(N)c1ncccc12. The van der Waals surface area contributed by atoms with Crippen molar-refractivity contribution in [2.45, 2.75) is 4.90 Å². The van der Waals surface area contributed by atoms with E-state index in [2.05, 4.69) is 9.97 Å². The van der Waals surface area contributed by atoms with E-state index in [-0.39, 0.29) is 4.90 Å². The van der Waals surface area contributed by atoms with Crippen LogP contribution in [-0.4, -0.2) is 24.6 Å². The molecular formula is C13H11N3O2S. The third kappa shape index (κ3) is 1.90. The minimum atomic E-state index is -3.26. The minimum absolute atomic E-state index is 0.232. The Morgan fingerprint density at radius 2 is 1.95 bits per heavy atom. The number of nitrogens with two attached hydrogens (primary N) is 1. The zero-order valence-corrected chi connectivity index (χ0v) is 11.0. The first-order valence-corrected chi connectivity index (χ1v) is 7.50. The van der Waals surface area contributed by atoms with E-state index in [1.807, 2.05) is 12.1 Å². The van der Waals surface area contributed by atoms with Crippen LogP contribution in [0.25, 0.3) is 21.8 Å². The van der Waals surface area contributed by atoms with Gasteiger partial charge < -0.3 is 5.73 Å². The molecule has 0 radical (unpaired) electrons. The van der Waals surface area contributed by atoms with Gasteiger partial charge in [0.1, 0.15) is 5.52 Å². The maximum atomic E-state index is 11.6. The molecule has 0 atom stereocenters. The molecule has 0 aliphatic rings. The number of nitrogens with zero attached hydrogens (tertiary/aromatic N) is 2. The van der Waals surface area contributed by atoms with Crippen molar-refractivity contribution >= 4 is 37.5 Å². The zero-order chi connectivity index (χ0) is 13.6. The van der Waals surface area contributed by atoms with Crippen LogP contribution in [0.1, 0.15) is 0 Å². The van der Waals surface area contributed by atoms with Gasteiger partial charge in [-0.15, -0.1) is 0 Å². The summed E-state index contributed by atoms with van der Waals surface area (Å²) >= 11 is 0. The van der Waals surface area contributed by atoms with Crippen LogP contribution >= 0.6 is 0 Å². The maximum Gasteiger partial charge on any atom is 0.175 e. The van der Waals surface area contributed by atoms with Crippen LogP contribution in [0.4, 0.5) is 5.82 Å². The second-order valence-corrected chi connectivity index (χ2v) is 6.36. The molecule has 96 valence electrons. The average Bonchev–Trinajstić information content (AvgIpc) is 2.37. The molecule has 0 saturated carbocycles. The molecule has 0 bridgehead atoms. The molecule has 3 aromatic rings. The number of anilines is 1. The Kier molecular flexibility index (Phi) is 2.43. The Labute approximate surface area is 110 Å². The Morgan fingerprint density at radius 3 is 2.68 bits per heavy atom. The van der Waals surface area contributed by atoms with Crippen LogP contribution in [0.2, 0.25) is 0 Å². The fourth-order valence-electron chi connectivity index (χ4n) is 2.07. The van der Waals surface area contributed by atoms with E-state index in [4.69, 9.17) is 5.73 Å². The largest absolute Gasteiger partial charge is 0.382 e. The van der Waals surface area contributed by atoms with Crippen molar-refractivity contribution in [3.8, 4) is 0 Å². The normalized spacial score (nSPS) is 12.1. The first-order valence-electron chi connectivity index (χ1n) is 5.61. The maximum absolute atomic E-state index is 11.6. The predicted octanol–water partition coefficient (Wildman–Crippen LogP) is 1.77. The number of rotatable bonds is 1. The van der Waals surface area contributed by atoms with Crippen LogP contribution in [0.5, 0.6) is 0 Å². The summed E-state index contributed by atoms with van der Waals surface area (Å²) in [6, 6.07) is 8.55. The standard InChI is InChI=1S/C13H11N3O2S/c1-19(17,18)8-4-5-9-10-3-2-6-15-12(10)13(14)16-11(9)7-8/h2-7H,1H3,(H2,14,16). The highest BCUT2D eigenvalue weighted by Gasteiger charge is 2.11. The topological polar surface area (TPSA) is 85.9 Å². The monoisotopic (exact) mass is 273 g/mol. The van der Waals surface area contributed by atoms with Crippen molar-refractivity contribution in [3.05, 3.63) is 36.5 Å². The molecule has 2 heterocycles. The molecule has 0 spiro atoms. The van der Waals surface area contributed by atoms with Gasteiger partial charge in [-0.1, -0.05) is 12.1 Å². The summed E-state index contributed by atoms with van der Waals surface area (Å²) in [6.07, 6.45) is 2.82. The molecule has 0 fully saturated rings. The van der Waals surface area contributed by atoms with Gasteiger partial charge in [0.2, 0.25) is 0 Å². The van der Waals surface area contributed by atoms with Gasteiger partial charge in [-0.3, -0.25) is 4.98 Å². The summed E-state index contributed by atoms with van der Waals surface area (Å²) in [5, 5.41) is 1.70. The zero-order valence-electron chi connectivity index (χ0n) is 10.2. The number of pyridine rings is 2. The highest BCUT2D eigenvalue weighted by atomic mass is 32.2. The minimum Gasteiger partial charge on any atom is -0.382 e. The first-order chi connectivity index (χ1) is 8.97. The van der Waals surface area contributed by atoms with Crippen molar-refractivity contribution in [2.24, 2.45) is 0 Å². The second-order valence-electron chi connectivity index (χ2n) is 4.35. The van der Waals surface area contributed by atoms with Crippen molar-refractivity contribution < 1.29 is 8.42 Å². The molecular weight excluding hydrogens is 262 g/mol. The molecule has 0 aliphatic carbocycles. The molecule has 3 rings (SSSR count). The van der Waals surface area contributed by atoms with Crippen molar-refractivity contribution in [3.63, 3.8) is 0 Å². The number of nitrogen functional groups attached to an aromatic ring is 1. The van der Waals surface area contributed by atoms with Crippen molar-refractivity contribution in [1.82, 2.24) is 9.97 Å². The van der Waals surface area contributed by atoms with E-state index in [1.54, 1.807) is 18.3 Å². The van der Waals surface area contributed by atoms with E-state index in [1.165, 1.54) is 12.3 Å². The van der Waals surface area contributed by atoms with Gasteiger partial charge in [-0.25, -0.2) is 13.4 Å².